The van der Waals surface area contributed by atoms with E-state index in [0.717, 1.165) is 13.1 Å². The molecule has 0 bridgehead atoms. The summed E-state index contributed by atoms with van der Waals surface area (Å²) in [6, 6.07) is 0. The number of hydrogen-bond acceptors (Lipinski definition) is 2. The summed E-state index contributed by atoms with van der Waals surface area (Å²) in [4.78, 5) is 11.7. The minimum absolute atomic E-state index is 0.0303. The number of amides is 1. The van der Waals surface area contributed by atoms with Crippen LogP contribution in [0.3, 0.4) is 0 Å². The summed E-state index contributed by atoms with van der Waals surface area (Å²) >= 11 is 0. The van der Waals surface area contributed by atoms with Crippen LogP contribution in [0, 0.1) is 17.8 Å². The monoisotopic (exact) mass is 234 g/mol. The van der Waals surface area contributed by atoms with Crippen LogP contribution in [0.4, 0.5) is 13.2 Å². The molecule has 0 radical (unpaired) electrons. The molecule has 2 N–H and O–H groups in total. The van der Waals surface area contributed by atoms with Gasteiger partial charge in [0.1, 0.15) is 5.54 Å². The van der Waals surface area contributed by atoms with Crippen molar-refractivity contribution in [1.82, 2.24) is 10.6 Å². The highest BCUT2D eigenvalue weighted by Crippen LogP contribution is 2.52. The highest BCUT2D eigenvalue weighted by atomic mass is 19.4. The third-order valence-corrected chi connectivity index (χ3v) is 4.05. The van der Waals surface area contributed by atoms with Crippen LogP contribution in [-0.2, 0) is 4.79 Å². The predicted octanol–water partition coefficient (Wildman–Crippen LogP) is 0.663. The summed E-state index contributed by atoms with van der Waals surface area (Å²) < 4.78 is 37.8. The van der Waals surface area contributed by atoms with Gasteiger partial charge >= 0.3 is 6.18 Å². The molecular weight excluding hydrogens is 221 g/mol. The Balaban J connectivity index is 1.62. The van der Waals surface area contributed by atoms with E-state index in [0.29, 0.717) is 0 Å². The second-order valence-corrected chi connectivity index (χ2v) is 5.08. The molecule has 16 heavy (non-hydrogen) atoms. The van der Waals surface area contributed by atoms with E-state index >= 15 is 0 Å². The summed E-state index contributed by atoms with van der Waals surface area (Å²) in [5.41, 5.74) is -1.89. The SMILES string of the molecule is O=C(NC1(C(F)(F)F)CC1)C1C2CNCC21. The van der Waals surface area contributed by atoms with E-state index in [1.165, 1.54) is 0 Å². The predicted molar refractivity (Wildman–Crippen MR) is 49.5 cm³/mol. The lowest BCUT2D eigenvalue weighted by Crippen LogP contribution is -2.49. The highest BCUT2D eigenvalue weighted by molar-refractivity contribution is 5.83. The largest absolute Gasteiger partial charge is 0.411 e. The van der Waals surface area contributed by atoms with Crippen molar-refractivity contribution < 1.29 is 18.0 Å². The van der Waals surface area contributed by atoms with Gasteiger partial charge < -0.3 is 10.6 Å². The molecule has 2 atom stereocenters. The van der Waals surface area contributed by atoms with E-state index in [4.69, 9.17) is 0 Å². The third kappa shape index (κ3) is 1.35. The Bertz CT molecular complexity index is 327. The number of carbonyl (C=O) groups is 1. The number of piperidine rings is 1. The molecule has 0 aromatic heterocycles. The van der Waals surface area contributed by atoms with E-state index in [1.54, 1.807) is 0 Å². The van der Waals surface area contributed by atoms with E-state index in [-0.39, 0.29) is 30.6 Å². The Hall–Kier alpha value is -0.780. The zero-order chi connectivity index (χ0) is 11.6. The van der Waals surface area contributed by atoms with E-state index in [9.17, 15) is 18.0 Å². The molecule has 0 aromatic rings. The van der Waals surface area contributed by atoms with E-state index in [1.807, 2.05) is 0 Å². The standard InChI is InChI=1S/C10H13F3N2O/c11-10(12,13)9(1-2-9)15-8(16)7-5-3-14-4-6(5)7/h5-7,14H,1-4H2,(H,15,16). The van der Waals surface area contributed by atoms with Crippen LogP contribution < -0.4 is 10.6 Å². The summed E-state index contributed by atoms with van der Waals surface area (Å²) in [7, 11) is 0. The van der Waals surface area contributed by atoms with Gasteiger partial charge in [0.15, 0.2) is 0 Å². The van der Waals surface area contributed by atoms with Crippen molar-refractivity contribution in [2.24, 2.45) is 17.8 Å². The second-order valence-electron chi connectivity index (χ2n) is 5.08. The number of hydrogen-bond donors (Lipinski definition) is 2. The first kappa shape index (κ1) is 10.4. The molecule has 1 heterocycles. The molecule has 6 heteroatoms. The molecule has 2 saturated carbocycles. The van der Waals surface area contributed by atoms with Gasteiger partial charge in [-0.2, -0.15) is 13.2 Å². The summed E-state index contributed by atoms with van der Waals surface area (Å²) in [6.07, 6.45) is -4.24. The van der Waals surface area contributed by atoms with Crippen molar-refractivity contribution in [3.05, 3.63) is 0 Å². The van der Waals surface area contributed by atoms with Crippen LogP contribution >= 0.6 is 0 Å². The molecule has 3 nitrogen and oxygen atoms in total. The second kappa shape index (κ2) is 2.91. The number of alkyl halides is 3. The van der Waals surface area contributed by atoms with Crippen molar-refractivity contribution in [2.45, 2.75) is 24.6 Å². The third-order valence-electron chi connectivity index (χ3n) is 4.05. The van der Waals surface area contributed by atoms with Crippen LogP contribution in [0.2, 0.25) is 0 Å². The lowest BCUT2D eigenvalue weighted by atomic mass is 10.2. The fourth-order valence-corrected chi connectivity index (χ4v) is 2.73. The minimum Gasteiger partial charge on any atom is -0.342 e. The summed E-state index contributed by atoms with van der Waals surface area (Å²) in [5, 5.41) is 5.32. The molecule has 3 rings (SSSR count). The van der Waals surface area contributed by atoms with Crippen molar-refractivity contribution in [3.8, 4) is 0 Å². The first-order chi connectivity index (χ1) is 7.45. The maximum atomic E-state index is 12.6. The van der Waals surface area contributed by atoms with Gasteiger partial charge in [-0.1, -0.05) is 0 Å². The van der Waals surface area contributed by atoms with Gasteiger partial charge in [0.25, 0.3) is 0 Å². The van der Waals surface area contributed by atoms with Gasteiger partial charge in [-0.05, 0) is 37.8 Å². The molecule has 1 saturated heterocycles. The van der Waals surface area contributed by atoms with Crippen molar-refractivity contribution in [2.75, 3.05) is 13.1 Å². The van der Waals surface area contributed by atoms with E-state index < -0.39 is 17.6 Å². The fourth-order valence-electron chi connectivity index (χ4n) is 2.73. The quantitative estimate of drug-likeness (QED) is 0.737. The number of halogens is 3. The van der Waals surface area contributed by atoms with Crippen molar-refractivity contribution >= 4 is 5.91 Å². The molecule has 1 amide bonds. The molecule has 3 fully saturated rings. The normalized spacial score (nSPS) is 39.1. The topological polar surface area (TPSA) is 41.1 Å². The number of carbonyl (C=O) groups excluding carboxylic acids is 1. The molecular formula is C10H13F3N2O. The zero-order valence-electron chi connectivity index (χ0n) is 8.60. The smallest absolute Gasteiger partial charge is 0.342 e. The molecule has 0 aromatic carbocycles. The summed E-state index contributed by atoms with van der Waals surface area (Å²) in [6.45, 7) is 1.53. The van der Waals surface area contributed by atoms with Gasteiger partial charge in [0.05, 0.1) is 0 Å². The van der Waals surface area contributed by atoms with Crippen LogP contribution in [0.1, 0.15) is 12.8 Å². The first-order valence-electron chi connectivity index (χ1n) is 5.54. The molecule has 2 unspecified atom stereocenters. The number of fused-ring (bicyclic) bond motifs is 1. The van der Waals surface area contributed by atoms with Gasteiger partial charge in [-0.15, -0.1) is 0 Å². The maximum absolute atomic E-state index is 12.6. The van der Waals surface area contributed by atoms with Crippen LogP contribution in [0.5, 0.6) is 0 Å². The Morgan fingerprint density at radius 1 is 1.25 bits per heavy atom. The highest BCUT2D eigenvalue weighted by Gasteiger charge is 2.66. The van der Waals surface area contributed by atoms with Crippen LogP contribution in [0.25, 0.3) is 0 Å². The molecule has 90 valence electrons. The lowest BCUT2D eigenvalue weighted by molar-refractivity contribution is -0.170. The van der Waals surface area contributed by atoms with Crippen molar-refractivity contribution in [1.29, 1.82) is 0 Å². The Morgan fingerprint density at radius 3 is 2.25 bits per heavy atom. The van der Waals surface area contributed by atoms with Crippen LogP contribution in [-0.4, -0.2) is 30.7 Å². The molecule has 2 aliphatic carbocycles. The van der Waals surface area contributed by atoms with Gasteiger partial charge in [-0.3, -0.25) is 4.79 Å². The molecule has 3 aliphatic rings. The number of nitrogens with one attached hydrogen (secondary N) is 2. The number of rotatable bonds is 2. The van der Waals surface area contributed by atoms with E-state index in [2.05, 4.69) is 10.6 Å². The molecule has 1 aliphatic heterocycles. The van der Waals surface area contributed by atoms with Gasteiger partial charge in [0.2, 0.25) is 5.91 Å². The van der Waals surface area contributed by atoms with Gasteiger partial charge in [0, 0.05) is 5.92 Å². The fraction of sp³-hybridized carbons (Fsp3) is 0.900. The maximum Gasteiger partial charge on any atom is 0.411 e. The average Bonchev–Trinajstić information content (AvgIpc) is 3.04. The lowest BCUT2D eigenvalue weighted by Gasteiger charge is -2.21. The Kier molecular flexibility index (Phi) is 1.89. The molecule has 0 spiro atoms. The van der Waals surface area contributed by atoms with Crippen LogP contribution in [0.15, 0.2) is 0 Å². The van der Waals surface area contributed by atoms with Gasteiger partial charge in [-0.25, -0.2) is 0 Å². The average molecular weight is 234 g/mol. The first-order valence-corrected chi connectivity index (χ1v) is 5.54. The van der Waals surface area contributed by atoms with Crippen molar-refractivity contribution in [3.63, 3.8) is 0 Å². The minimum atomic E-state index is -4.30. The zero-order valence-corrected chi connectivity index (χ0v) is 8.60. The summed E-state index contributed by atoms with van der Waals surface area (Å²) in [5.74, 6) is -0.0412. The Morgan fingerprint density at radius 2 is 1.81 bits per heavy atom. The Labute approximate surface area is 90.8 Å².